The topological polar surface area (TPSA) is 29.1 Å². The Bertz CT molecular complexity index is 708. The molecule has 2 aromatic rings. The molecule has 2 nitrogen and oxygen atoms in total. The van der Waals surface area contributed by atoms with Gasteiger partial charge in [-0.1, -0.05) is 35.9 Å². The summed E-state index contributed by atoms with van der Waals surface area (Å²) in [5.41, 5.74) is 1.04. The fourth-order valence-corrected chi connectivity index (χ4v) is 4.14. The predicted molar refractivity (Wildman–Crippen MR) is 93.3 cm³/mol. The van der Waals surface area contributed by atoms with E-state index in [0.29, 0.717) is 5.02 Å². The van der Waals surface area contributed by atoms with Crippen LogP contribution in [0.5, 0.6) is 0 Å². The van der Waals surface area contributed by atoms with E-state index in [4.69, 9.17) is 11.6 Å². The smallest absolute Gasteiger partial charge is 0.183 e. The largest absolute Gasteiger partial charge is 0.304 e. The Morgan fingerprint density at radius 3 is 2.77 bits per heavy atom. The maximum atomic E-state index is 13.2. The van der Waals surface area contributed by atoms with E-state index in [1.165, 1.54) is 0 Å². The van der Waals surface area contributed by atoms with Gasteiger partial charge < -0.3 is 5.32 Å². The van der Waals surface area contributed by atoms with Crippen molar-refractivity contribution in [3.8, 4) is 0 Å². The first kappa shape index (κ1) is 15.5. The third-order valence-corrected chi connectivity index (χ3v) is 5.45. The van der Waals surface area contributed by atoms with Gasteiger partial charge in [0, 0.05) is 9.90 Å². The number of rotatable bonds is 3. The van der Waals surface area contributed by atoms with Crippen LogP contribution in [-0.2, 0) is 10.3 Å². The van der Waals surface area contributed by atoms with E-state index >= 15 is 0 Å². The third kappa shape index (κ3) is 2.65. The number of nitrogens with one attached hydrogen (secondary N) is 1. The normalized spacial score (nSPS) is 23.9. The molecule has 114 valence electrons. The van der Waals surface area contributed by atoms with Crippen molar-refractivity contribution in [2.75, 3.05) is 7.05 Å². The van der Waals surface area contributed by atoms with Gasteiger partial charge in [-0.2, -0.15) is 0 Å². The van der Waals surface area contributed by atoms with Crippen LogP contribution in [0.4, 0.5) is 0 Å². The van der Waals surface area contributed by atoms with E-state index in [2.05, 4.69) is 5.32 Å². The van der Waals surface area contributed by atoms with Gasteiger partial charge in [0.15, 0.2) is 5.78 Å². The molecule has 1 aliphatic rings. The Morgan fingerprint density at radius 2 is 2.09 bits per heavy atom. The standard InChI is InChI=1S/C18H18ClNOS/c1-20-18(15-8-2-3-9-16(15)19)10-4-6-13(17(18)21)12-14-7-5-11-22-14/h2-3,5,7-9,11-12,20H,4,6,10H2,1H3/b13-12-. The molecule has 0 radical (unpaired) electrons. The minimum absolute atomic E-state index is 0.141. The Hall–Kier alpha value is -1.42. The van der Waals surface area contributed by atoms with Crippen LogP contribution in [0, 0.1) is 0 Å². The van der Waals surface area contributed by atoms with Crippen LogP contribution in [0.25, 0.3) is 6.08 Å². The van der Waals surface area contributed by atoms with Gasteiger partial charge in [-0.3, -0.25) is 4.79 Å². The van der Waals surface area contributed by atoms with Gasteiger partial charge in [-0.05, 0) is 61.0 Å². The zero-order chi connectivity index (χ0) is 15.6. The van der Waals surface area contributed by atoms with Gasteiger partial charge >= 0.3 is 0 Å². The van der Waals surface area contributed by atoms with Gasteiger partial charge in [0.25, 0.3) is 0 Å². The molecule has 1 aromatic carbocycles. The molecule has 0 aliphatic heterocycles. The maximum absolute atomic E-state index is 13.2. The summed E-state index contributed by atoms with van der Waals surface area (Å²) >= 11 is 8.02. The maximum Gasteiger partial charge on any atom is 0.183 e. The molecule has 1 N–H and O–H groups in total. The van der Waals surface area contributed by atoms with Crippen LogP contribution in [0.3, 0.4) is 0 Å². The van der Waals surface area contributed by atoms with Crippen molar-refractivity contribution in [3.05, 3.63) is 62.8 Å². The number of Topliss-reactive ketones (excluding diaryl/α,β-unsaturated/α-hetero) is 1. The highest BCUT2D eigenvalue weighted by atomic mass is 35.5. The van der Waals surface area contributed by atoms with Crippen LogP contribution >= 0.6 is 22.9 Å². The lowest BCUT2D eigenvalue weighted by atomic mass is 9.73. The first-order valence-corrected chi connectivity index (χ1v) is 8.66. The van der Waals surface area contributed by atoms with Gasteiger partial charge in [0.05, 0.1) is 0 Å². The second-order valence-corrected chi connectivity index (χ2v) is 6.89. The Balaban J connectivity index is 2.05. The number of carbonyl (C=O) groups is 1. The molecule has 0 spiro atoms. The first-order chi connectivity index (χ1) is 10.7. The summed E-state index contributed by atoms with van der Waals surface area (Å²) in [7, 11) is 1.84. The van der Waals surface area contributed by atoms with Crippen LogP contribution in [0.1, 0.15) is 29.7 Å². The minimum atomic E-state index is -0.709. The molecule has 1 heterocycles. The highest BCUT2D eigenvalue weighted by Gasteiger charge is 2.43. The predicted octanol–water partition coefficient (Wildman–Crippen LogP) is 4.65. The van der Waals surface area contributed by atoms with Crippen LogP contribution in [0.15, 0.2) is 47.4 Å². The van der Waals surface area contributed by atoms with E-state index in [1.54, 1.807) is 11.3 Å². The number of halogens is 1. The lowest BCUT2D eigenvalue weighted by Crippen LogP contribution is -2.50. The van der Waals surface area contributed by atoms with E-state index in [-0.39, 0.29) is 5.78 Å². The Labute approximate surface area is 139 Å². The summed E-state index contributed by atoms with van der Waals surface area (Å²) in [4.78, 5) is 14.3. The summed E-state index contributed by atoms with van der Waals surface area (Å²) in [6.07, 6.45) is 4.59. The van der Waals surface area contributed by atoms with Crippen molar-refractivity contribution in [2.24, 2.45) is 0 Å². The second-order valence-electron chi connectivity index (χ2n) is 5.50. The molecule has 1 fully saturated rings. The van der Waals surface area contributed by atoms with E-state index in [9.17, 15) is 4.79 Å². The van der Waals surface area contributed by atoms with E-state index < -0.39 is 5.54 Å². The quantitative estimate of drug-likeness (QED) is 0.829. The van der Waals surface area contributed by atoms with Gasteiger partial charge in [0.2, 0.25) is 0 Å². The number of hydrogen-bond acceptors (Lipinski definition) is 3. The molecule has 0 amide bonds. The zero-order valence-electron chi connectivity index (χ0n) is 12.4. The van der Waals surface area contributed by atoms with Crippen molar-refractivity contribution in [1.29, 1.82) is 0 Å². The van der Waals surface area contributed by atoms with Crippen molar-refractivity contribution in [2.45, 2.75) is 24.8 Å². The number of benzene rings is 1. The lowest BCUT2D eigenvalue weighted by molar-refractivity contribution is -0.123. The molecular formula is C18H18ClNOS. The van der Waals surface area contributed by atoms with Crippen molar-refractivity contribution in [1.82, 2.24) is 5.32 Å². The second kappa shape index (κ2) is 6.37. The average Bonchev–Trinajstić information content (AvgIpc) is 3.04. The first-order valence-electron chi connectivity index (χ1n) is 7.40. The fourth-order valence-electron chi connectivity index (χ4n) is 3.17. The minimum Gasteiger partial charge on any atom is -0.304 e. The van der Waals surface area contributed by atoms with Crippen molar-refractivity contribution < 1.29 is 4.79 Å². The Morgan fingerprint density at radius 1 is 1.27 bits per heavy atom. The molecule has 1 saturated carbocycles. The number of carbonyl (C=O) groups excluding carboxylic acids is 1. The summed E-state index contributed by atoms with van der Waals surface area (Å²) in [5, 5.41) is 5.93. The number of hydrogen-bond donors (Lipinski definition) is 1. The summed E-state index contributed by atoms with van der Waals surface area (Å²) in [5.74, 6) is 0.141. The van der Waals surface area contributed by atoms with E-state index in [0.717, 1.165) is 35.3 Å². The number of thiophene rings is 1. The molecular weight excluding hydrogens is 314 g/mol. The zero-order valence-corrected chi connectivity index (χ0v) is 14.0. The monoisotopic (exact) mass is 331 g/mol. The van der Waals surface area contributed by atoms with Crippen LogP contribution in [0.2, 0.25) is 5.02 Å². The average molecular weight is 332 g/mol. The number of ketones is 1. The molecule has 1 atom stereocenters. The van der Waals surface area contributed by atoms with Crippen LogP contribution in [-0.4, -0.2) is 12.8 Å². The summed E-state index contributed by atoms with van der Waals surface area (Å²) < 4.78 is 0. The van der Waals surface area contributed by atoms with Crippen LogP contribution < -0.4 is 5.32 Å². The highest BCUT2D eigenvalue weighted by molar-refractivity contribution is 7.10. The van der Waals surface area contributed by atoms with Crippen molar-refractivity contribution >= 4 is 34.8 Å². The molecule has 1 unspecified atom stereocenters. The number of likely N-dealkylation sites (N-methyl/N-ethyl adjacent to an activating group) is 1. The Kier molecular flexibility index (Phi) is 4.48. The molecule has 0 bridgehead atoms. The molecule has 4 heteroatoms. The highest BCUT2D eigenvalue weighted by Crippen LogP contribution is 2.40. The summed E-state index contributed by atoms with van der Waals surface area (Å²) in [6, 6.07) is 11.7. The van der Waals surface area contributed by atoms with Gasteiger partial charge in [-0.25, -0.2) is 0 Å². The molecule has 1 aliphatic carbocycles. The lowest BCUT2D eigenvalue weighted by Gasteiger charge is -2.37. The summed E-state index contributed by atoms with van der Waals surface area (Å²) in [6.45, 7) is 0. The van der Waals surface area contributed by atoms with E-state index in [1.807, 2.05) is 54.9 Å². The van der Waals surface area contributed by atoms with Gasteiger partial charge in [-0.15, -0.1) is 11.3 Å². The van der Waals surface area contributed by atoms with Gasteiger partial charge in [0.1, 0.15) is 5.54 Å². The molecule has 0 saturated heterocycles. The molecule has 3 rings (SSSR count). The molecule has 22 heavy (non-hydrogen) atoms. The van der Waals surface area contributed by atoms with Crippen molar-refractivity contribution in [3.63, 3.8) is 0 Å². The third-order valence-electron chi connectivity index (χ3n) is 4.30. The SMILES string of the molecule is CNC1(c2ccccc2Cl)CCC/C(=C/c2cccs2)C1=O. The fraction of sp³-hybridized carbons (Fsp3) is 0.278. The molecule has 1 aromatic heterocycles.